The highest BCUT2D eigenvalue weighted by atomic mass is 35.5. The number of rotatable bonds is 6. The van der Waals surface area contributed by atoms with E-state index in [0.717, 1.165) is 44.2 Å². The van der Waals surface area contributed by atoms with Crippen molar-refractivity contribution in [3.8, 4) is 0 Å². The third-order valence-corrected chi connectivity index (χ3v) is 5.68. The van der Waals surface area contributed by atoms with Gasteiger partial charge in [0, 0.05) is 64.5 Å². The lowest BCUT2D eigenvalue weighted by molar-refractivity contribution is -0.130. The Morgan fingerprint density at radius 1 is 0.844 bits per heavy atom. The largest absolute Gasteiger partial charge is 0.378 e. The Morgan fingerprint density at radius 3 is 1.76 bits per heavy atom. The molecular formula is C40H66ClN3O. The van der Waals surface area contributed by atoms with E-state index in [1.807, 2.05) is 134 Å². The van der Waals surface area contributed by atoms with E-state index in [4.69, 9.17) is 11.6 Å². The van der Waals surface area contributed by atoms with Crippen LogP contribution < -0.4 is 4.90 Å². The molecule has 0 aliphatic carbocycles. The second-order valence-corrected chi connectivity index (χ2v) is 9.61. The average Bonchev–Trinajstić information content (AvgIpc) is 3.07. The van der Waals surface area contributed by atoms with Crippen molar-refractivity contribution in [3.05, 3.63) is 127 Å². The van der Waals surface area contributed by atoms with Crippen LogP contribution in [0.1, 0.15) is 74.3 Å². The highest BCUT2D eigenvalue weighted by Crippen LogP contribution is 2.14. The van der Waals surface area contributed by atoms with Gasteiger partial charge in [-0.1, -0.05) is 132 Å². The van der Waals surface area contributed by atoms with E-state index in [-0.39, 0.29) is 5.91 Å². The zero-order valence-corrected chi connectivity index (χ0v) is 31.4. The molecule has 1 amide bonds. The lowest BCUT2D eigenvalue weighted by Crippen LogP contribution is -2.47. The van der Waals surface area contributed by atoms with Crippen molar-refractivity contribution < 1.29 is 4.79 Å². The topological polar surface area (TPSA) is 26.8 Å². The molecule has 5 heteroatoms. The van der Waals surface area contributed by atoms with Crippen LogP contribution in [0.3, 0.4) is 0 Å². The summed E-state index contributed by atoms with van der Waals surface area (Å²) in [5.74, 6) is 0.174. The van der Waals surface area contributed by atoms with Gasteiger partial charge in [0.15, 0.2) is 0 Å². The van der Waals surface area contributed by atoms with Crippen LogP contribution in [0.5, 0.6) is 0 Å². The zero-order chi connectivity index (χ0) is 35.3. The van der Waals surface area contributed by atoms with Crippen molar-refractivity contribution in [2.24, 2.45) is 0 Å². The van der Waals surface area contributed by atoms with E-state index in [1.54, 1.807) is 19.1 Å². The van der Waals surface area contributed by atoms with Crippen LogP contribution >= 0.6 is 11.6 Å². The molecular weight excluding hydrogens is 574 g/mol. The number of hydrogen-bond donors (Lipinski definition) is 0. The number of amides is 1. The molecule has 4 nitrogen and oxygen atoms in total. The van der Waals surface area contributed by atoms with E-state index in [2.05, 4.69) is 54.2 Å². The summed E-state index contributed by atoms with van der Waals surface area (Å²) in [5, 5.41) is 0.782. The predicted octanol–water partition coefficient (Wildman–Crippen LogP) is 11.3. The first-order valence-corrected chi connectivity index (χ1v) is 16.6. The first kappa shape index (κ1) is 48.6. The standard InChI is InChI=1S/C13H17ClN2O.C8H11N.C8H12.C4H8.C3H6.2C2H6/c1-11(17)16-7-5-15(6-8-16)10-12-3-2-4-13(14)9-12;1-9(2)8-6-4-3-5-7-8;1-3-5-7-8-6-4-2;1-3-4-2;1-3-2;2*1-2/h2-4,9H,5-8,10H2,1H3;3-7H,1-2H3;3,5-8H,1,4H2,2H3;3-4H,1-2H3;3H,1H2,2H3;2*1-2H3/b;;7-5-,8-6-;4-3-;;;. The van der Waals surface area contributed by atoms with Gasteiger partial charge in [-0.3, -0.25) is 9.69 Å². The van der Waals surface area contributed by atoms with Gasteiger partial charge in [0.05, 0.1) is 0 Å². The first-order valence-electron chi connectivity index (χ1n) is 16.2. The Balaban J connectivity index is -0.000000256. The van der Waals surface area contributed by atoms with E-state index in [0.29, 0.717) is 0 Å². The van der Waals surface area contributed by atoms with Crippen LogP contribution in [0.15, 0.2) is 116 Å². The second kappa shape index (κ2) is 38.7. The molecule has 0 saturated carbocycles. The molecule has 2 aromatic rings. The summed E-state index contributed by atoms with van der Waals surface area (Å²) in [7, 11) is 4.07. The van der Waals surface area contributed by atoms with Crippen molar-refractivity contribution in [2.45, 2.75) is 75.3 Å². The molecule has 0 unspecified atom stereocenters. The van der Waals surface area contributed by atoms with Gasteiger partial charge in [-0.2, -0.15) is 0 Å². The van der Waals surface area contributed by atoms with E-state index >= 15 is 0 Å². The molecule has 0 radical (unpaired) electrons. The molecule has 2 aromatic carbocycles. The summed E-state index contributed by atoms with van der Waals surface area (Å²) >= 11 is 5.96. The maximum absolute atomic E-state index is 11.2. The lowest BCUT2D eigenvalue weighted by atomic mass is 10.2. The maximum atomic E-state index is 11.2. The van der Waals surface area contributed by atoms with Gasteiger partial charge < -0.3 is 9.80 Å². The molecule has 0 aromatic heterocycles. The molecule has 0 N–H and O–H groups in total. The van der Waals surface area contributed by atoms with E-state index in [1.165, 1.54) is 11.3 Å². The van der Waals surface area contributed by atoms with Gasteiger partial charge in [-0.05, 0) is 57.0 Å². The van der Waals surface area contributed by atoms with Crippen molar-refractivity contribution in [1.29, 1.82) is 0 Å². The Kier molecular flexibility index (Phi) is 41.7. The number of piperazine rings is 1. The summed E-state index contributed by atoms with van der Waals surface area (Å²) in [4.78, 5) is 17.5. The molecule has 0 atom stereocenters. The van der Waals surface area contributed by atoms with Crippen LogP contribution in [0.25, 0.3) is 0 Å². The van der Waals surface area contributed by atoms with Crippen LogP contribution in [-0.4, -0.2) is 56.0 Å². The summed E-state index contributed by atoms with van der Waals surface area (Å²) in [6.45, 7) is 29.0. The minimum Gasteiger partial charge on any atom is -0.378 e. The summed E-state index contributed by atoms with van der Waals surface area (Å²) in [6, 6.07) is 18.2. The number of carbonyl (C=O) groups is 1. The van der Waals surface area contributed by atoms with Crippen LogP contribution in [0.2, 0.25) is 5.02 Å². The molecule has 1 heterocycles. The Hall–Kier alpha value is -3.34. The fourth-order valence-corrected chi connectivity index (χ4v) is 3.41. The lowest BCUT2D eigenvalue weighted by Gasteiger charge is -2.34. The fraction of sp³-hybridized carbons (Fsp3) is 0.425. The molecule has 0 spiro atoms. The van der Waals surface area contributed by atoms with Crippen molar-refractivity contribution in [2.75, 3.05) is 45.2 Å². The summed E-state index contributed by atoms with van der Waals surface area (Å²) in [5.41, 5.74) is 2.48. The average molecular weight is 640 g/mol. The summed E-state index contributed by atoms with van der Waals surface area (Å²) in [6.07, 6.45) is 16.6. The van der Waals surface area contributed by atoms with Gasteiger partial charge in [-0.15, -0.1) is 6.58 Å². The van der Waals surface area contributed by atoms with Crippen molar-refractivity contribution in [1.82, 2.24) is 9.80 Å². The molecule has 1 aliphatic heterocycles. The second-order valence-electron chi connectivity index (χ2n) is 9.17. The molecule has 1 aliphatic rings. The number of halogens is 1. The van der Waals surface area contributed by atoms with Crippen molar-refractivity contribution in [3.63, 3.8) is 0 Å². The van der Waals surface area contributed by atoms with E-state index < -0.39 is 0 Å². The minimum atomic E-state index is 0.174. The molecule has 1 saturated heterocycles. The van der Waals surface area contributed by atoms with Gasteiger partial charge in [0.2, 0.25) is 5.91 Å². The molecule has 0 bridgehead atoms. The number of anilines is 1. The quantitative estimate of drug-likeness (QED) is 0.232. The van der Waals surface area contributed by atoms with Crippen LogP contribution in [-0.2, 0) is 11.3 Å². The molecule has 3 rings (SSSR count). The zero-order valence-electron chi connectivity index (χ0n) is 30.6. The first-order chi connectivity index (χ1) is 21.7. The number of allylic oxidation sites excluding steroid dienone is 8. The highest BCUT2D eigenvalue weighted by Gasteiger charge is 2.18. The Labute approximate surface area is 284 Å². The number of hydrogen-bond acceptors (Lipinski definition) is 3. The monoisotopic (exact) mass is 639 g/mol. The smallest absolute Gasteiger partial charge is 0.219 e. The summed E-state index contributed by atoms with van der Waals surface area (Å²) < 4.78 is 0. The number of carbonyl (C=O) groups excluding carboxylic acids is 1. The number of nitrogens with zero attached hydrogens (tertiary/aromatic N) is 3. The normalized spacial score (nSPS) is 11.7. The van der Waals surface area contributed by atoms with Crippen LogP contribution in [0.4, 0.5) is 5.69 Å². The third-order valence-electron chi connectivity index (χ3n) is 5.45. The highest BCUT2D eigenvalue weighted by molar-refractivity contribution is 6.30. The minimum absolute atomic E-state index is 0.174. The van der Waals surface area contributed by atoms with Crippen LogP contribution in [0, 0.1) is 0 Å². The number of benzene rings is 2. The van der Waals surface area contributed by atoms with Gasteiger partial charge >= 0.3 is 0 Å². The van der Waals surface area contributed by atoms with Crippen molar-refractivity contribution >= 4 is 23.2 Å². The molecule has 45 heavy (non-hydrogen) atoms. The third kappa shape index (κ3) is 33.4. The maximum Gasteiger partial charge on any atom is 0.219 e. The van der Waals surface area contributed by atoms with Gasteiger partial charge in [0.25, 0.3) is 0 Å². The predicted molar refractivity (Wildman–Crippen MR) is 208 cm³/mol. The Bertz CT molecular complexity index is 1000. The fourth-order valence-electron chi connectivity index (χ4n) is 3.20. The number of para-hydroxylation sites is 1. The van der Waals surface area contributed by atoms with E-state index in [9.17, 15) is 4.79 Å². The molecule has 254 valence electrons. The van der Waals surface area contributed by atoms with Gasteiger partial charge in [0.1, 0.15) is 0 Å². The molecule has 1 fully saturated rings. The van der Waals surface area contributed by atoms with Gasteiger partial charge in [-0.25, -0.2) is 0 Å². The SMILES string of the molecule is C/C=C\C.C=C/C=C\C=C/CC.C=CC.CC.CC.CC(=O)N1CCN(Cc2cccc(Cl)c2)CC1.CN(C)c1ccccc1. The Morgan fingerprint density at radius 2 is 1.38 bits per heavy atom.